The van der Waals surface area contributed by atoms with E-state index in [0.717, 1.165) is 42.8 Å². The Bertz CT molecular complexity index is 1160. The molecule has 1 aromatic heterocycles. The Morgan fingerprint density at radius 2 is 1.71 bits per heavy atom. The number of hydrogen-bond acceptors (Lipinski definition) is 4. The number of methoxy groups -OCH3 is 1. The molecule has 34 heavy (non-hydrogen) atoms. The quantitative estimate of drug-likeness (QED) is 0.366. The van der Waals surface area contributed by atoms with E-state index in [9.17, 15) is 4.79 Å². The van der Waals surface area contributed by atoms with E-state index in [2.05, 4.69) is 5.01 Å². The fourth-order valence-electron chi connectivity index (χ4n) is 4.26. The molecule has 1 saturated heterocycles. The predicted octanol–water partition coefficient (Wildman–Crippen LogP) is 6.30. The van der Waals surface area contributed by atoms with Crippen LogP contribution in [0.15, 0.2) is 42.5 Å². The monoisotopic (exact) mass is 520 g/mol. The number of rotatable bonds is 7. The van der Waals surface area contributed by atoms with Crippen molar-refractivity contribution in [1.29, 1.82) is 0 Å². The number of hydrazine groups is 1. The van der Waals surface area contributed by atoms with Crippen molar-refractivity contribution in [2.45, 2.75) is 26.2 Å². The highest BCUT2D eigenvalue weighted by molar-refractivity contribution is 6.35. The van der Waals surface area contributed by atoms with Gasteiger partial charge in [0, 0.05) is 41.4 Å². The molecule has 0 spiro atoms. The number of piperidine rings is 1. The van der Waals surface area contributed by atoms with E-state index in [-0.39, 0.29) is 5.91 Å². The van der Waals surface area contributed by atoms with Gasteiger partial charge in [-0.25, -0.2) is 9.69 Å². The number of halogens is 3. The van der Waals surface area contributed by atoms with Crippen molar-refractivity contribution < 1.29 is 9.53 Å². The maximum absolute atomic E-state index is 13.9. The maximum Gasteiger partial charge on any atom is 0.289 e. The Hall–Kier alpha value is -2.09. The molecule has 0 N–H and O–H groups in total. The van der Waals surface area contributed by atoms with Crippen molar-refractivity contribution in [1.82, 2.24) is 19.8 Å². The van der Waals surface area contributed by atoms with Gasteiger partial charge in [0.05, 0.1) is 29.6 Å². The van der Waals surface area contributed by atoms with E-state index in [0.29, 0.717) is 39.6 Å². The lowest BCUT2D eigenvalue weighted by Crippen LogP contribution is -2.50. The SMILES string of the molecule is COCCN(C(=O)c1nn(-c2ccc(Cl)cc2Cl)c(-c2ccc(Cl)cc2)c1C)N1CCCCC1. The average molecular weight is 522 g/mol. The standard InChI is InChI=1S/C25H27Cl3N4O2/c1-17-23(25(33)31(14-15-34-2)30-12-4-3-5-13-30)29-32(22-11-10-20(27)16-21(22)28)24(17)18-6-8-19(26)9-7-18/h6-11,16H,3-5,12-15H2,1-2H3. The first-order valence-corrected chi connectivity index (χ1v) is 12.4. The minimum Gasteiger partial charge on any atom is -0.383 e. The fourth-order valence-corrected chi connectivity index (χ4v) is 4.88. The van der Waals surface area contributed by atoms with Gasteiger partial charge in [0.15, 0.2) is 5.69 Å². The van der Waals surface area contributed by atoms with Gasteiger partial charge < -0.3 is 4.74 Å². The van der Waals surface area contributed by atoms with Gasteiger partial charge in [-0.05, 0) is 50.1 Å². The topological polar surface area (TPSA) is 50.6 Å². The van der Waals surface area contributed by atoms with Crippen LogP contribution >= 0.6 is 34.8 Å². The Morgan fingerprint density at radius 1 is 1.03 bits per heavy atom. The van der Waals surface area contributed by atoms with Crippen LogP contribution in [0.3, 0.4) is 0 Å². The number of amides is 1. The first-order chi connectivity index (χ1) is 16.4. The molecule has 1 fully saturated rings. The van der Waals surface area contributed by atoms with Crippen LogP contribution in [0.25, 0.3) is 16.9 Å². The van der Waals surface area contributed by atoms with Crippen LogP contribution in [0.5, 0.6) is 0 Å². The van der Waals surface area contributed by atoms with Crippen molar-refractivity contribution in [3.63, 3.8) is 0 Å². The van der Waals surface area contributed by atoms with E-state index in [1.165, 1.54) is 6.42 Å². The third kappa shape index (κ3) is 5.26. The molecule has 9 heteroatoms. The number of aromatic nitrogens is 2. The highest BCUT2D eigenvalue weighted by Gasteiger charge is 2.30. The minimum atomic E-state index is -0.157. The predicted molar refractivity (Wildman–Crippen MR) is 137 cm³/mol. The van der Waals surface area contributed by atoms with Crippen LogP contribution in [-0.4, -0.2) is 59.1 Å². The van der Waals surface area contributed by atoms with Gasteiger partial charge in [-0.2, -0.15) is 5.10 Å². The van der Waals surface area contributed by atoms with Gasteiger partial charge in [0.2, 0.25) is 0 Å². The van der Waals surface area contributed by atoms with Crippen LogP contribution in [0, 0.1) is 6.92 Å². The summed E-state index contributed by atoms with van der Waals surface area (Å²) in [5, 5.41) is 10.3. The van der Waals surface area contributed by atoms with Gasteiger partial charge in [-0.15, -0.1) is 0 Å². The summed E-state index contributed by atoms with van der Waals surface area (Å²) in [6.07, 6.45) is 3.29. The molecule has 0 bridgehead atoms. The first-order valence-electron chi connectivity index (χ1n) is 11.3. The minimum absolute atomic E-state index is 0.157. The van der Waals surface area contributed by atoms with E-state index in [4.69, 9.17) is 44.6 Å². The highest BCUT2D eigenvalue weighted by Crippen LogP contribution is 2.33. The molecule has 0 unspecified atom stereocenters. The van der Waals surface area contributed by atoms with Crippen molar-refractivity contribution in [3.8, 4) is 16.9 Å². The molecular formula is C25H27Cl3N4O2. The molecule has 1 aliphatic rings. The first kappa shape index (κ1) is 25.0. The number of carbonyl (C=O) groups excluding carboxylic acids is 1. The van der Waals surface area contributed by atoms with Gasteiger partial charge in [0.25, 0.3) is 5.91 Å². The Morgan fingerprint density at radius 3 is 2.35 bits per heavy atom. The molecule has 6 nitrogen and oxygen atoms in total. The summed E-state index contributed by atoms with van der Waals surface area (Å²) in [6.45, 7) is 4.48. The van der Waals surface area contributed by atoms with Crippen LogP contribution < -0.4 is 0 Å². The largest absolute Gasteiger partial charge is 0.383 e. The average Bonchev–Trinajstić information content (AvgIpc) is 3.17. The van der Waals surface area contributed by atoms with Gasteiger partial charge in [-0.3, -0.25) is 9.80 Å². The van der Waals surface area contributed by atoms with E-state index in [1.807, 2.05) is 31.2 Å². The summed E-state index contributed by atoms with van der Waals surface area (Å²) in [4.78, 5) is 13.9. The number of benzene rings is 2. The van der Waals surface area contributed by atoms with Crippen LogP contribution in [-0.2, 0) is 4.74 Å². The van der Waals surface area contributed by atoms with E-state index in [1.54, 1.807) is 35.0 Å². The fraction of sp³-hybridized carbons (Fsp3) is 0.360. The van der Waals surface area contributed by atoms with Crippen molar-refractivity contribution in [2.24, 2.45) is 0 Å². The molecule has 3 aromatic rings. The van der Waals surface area contributed by atoms with E-state index >= 15 is 0 Å². The summed E-state index contributed by atoms with van der Waals surface area (Å²) < 4.78 is 7.01. The second-order valence-electron chi connectivity index (χ2n) is 8.27. The second kappa shape index (κ2) is 11.1. The number of nitrogens with zero attached hydrogens (tertiary/aromatic N) is 4. The van der Waals surface area contributed by atoms with Gasteiger partial charge in [0.1, 0.15) is 0 Å². The van der Waals surface area contributed by atoms with Crippen LogP contribution in [0.2, 0.25) is 15.1 Å². The molecule has 0 saturated carbocycles. The van der Waals surface area contributed by atoms with Crippen molar-refractivity contribution in [2.75, 3.05) is 33.4 Å². The summed E-state index contributed by atoms with van der Waals surface area (Å²) in [6, 6.07) is 12.7. The number of hydrogen-bond donors (Lipinski definition) is 0. The summed E-state index contributed by atoms with van der Waals surface area (Å²) in [7, 11) is 1.64. The third-order valence-electron chi connectivity index (χ3n) is 6.00. The molecule has 2 heterocycles. The van der Waals surface area contributed by atoms with Gasteiger partial charge >= 0.3 is 0 Å². The molecule has 1 aliphatic heterocycles. The molecule has 180 valence electrons. The second-order valence-corrected chi connectivity index (χ2v) is 9.55. The summed E-state index contributed by atoms with van der Waals surface area (Å²) >= 11 is 18.8. The highest BCUT2D eigenvalue weighted by atomic mass is 35.5. The Balaban J connectivity index is 1.83. The molecule has 0 atom stereocenters. The lowest BCUT2D eigenvalue weighted by molar-refractivity contribution is -0.0322. The molecular weight excluding hydrogens is 495 g/mol. The zero-order chi connectivity index (χ0) is 24.2. The molecule has 0 radical (unpaired) electrons. The third-order valence-corrected chi connectivity index (χ3v) is 6.79. The Labute approximate surface area is 214 Å². The molecule has 2 aromatic carbocycles. The smallest absolute Gasteiger partial charge is 0.289 e. The zero-order valence-corrected chi connectivity index (χ0v) is 21.5. The van der Waals surface area contributed by atoms with Crippen LogP contribution in [0.4, 0.5) is 0 Å². The lowest BCUT2D eigenvalue weighted by Gasteiger charge is -2.37. The normalized spacial score (nSPS) is 14.4. The number of carbonyl (C=O) groups is 1. The lowest BCUT2D eigenvalue weighted by atomic mass is 10.1. The molecule has 0 aliphatic carbocycles. The van der Waals surface area contributed by atoms with Crippen molar-refractivity contribution in [3.05, 3.63) is 68.8 Å². The number of ether oxygens (including phenoxy) is 1. The maximum atomic E-state index is 13.9. The van der Waals surface area contributed by atoms with Crippen LogP contribution in [0.1, 0.15) is 35.3 Å². The van der Waals surface area contributed by atoms with E-state index < -0.39 is 0 Å². The molecule has 4 rings (SSSR count). The molecule has 1 amide bonds. The summed E-state index contributed by atoms with van der Waals surface area (Å²) in [5.74, 6) is -0.157. The van der Waals surface area contributed by atoms with Gasteiger partial charge in [-0.1, -0.05) is 53.4 Å². The summed E-state index contributed by atoms with van der Waals surface area (Å²) in [5.41, 5.74) is 3.42. The van der Waals surface area contributed by atoms with Crippen molar-refractivity contribution >= 4 is 40.7 Å². The Kier molecular flexibility index (Phi) is 8.17. The zero-order valence-electron chi connectivity index (χ0n) is 19.2.